The zero-order valence-electron chi connectivity index (χ0n) is 14.3. The topological polar surface area (TPSA) is 55.4 Å². The van der Waals surface area contributed by atoms with Crippen molar-refractivity contribution < 1.29 is 14.3 Å². The van der Waals surface area contributed by atoms with Crippen LogP contribution in [0.3, 0.4) is 0 Å². The molecule has 24 heavy (non-hydrogen) atoms. The summed E-state index contributed by atoms with van der Waals surface area (Å²) in [6.45, 7) is 1.63. The Morgan fingerprint density at radius 1 is 1.29 bits per heavy atom. The van der Waals surface area contributed by atoms with E-state index in [4.69, 9.17) is 4.74 Å². The highest BCUT2D eigenvalue weighted by Crippen LogP contribution is 2.49. The SMILES string of the molecule is CSc1ccccc1NC(=O)C(C)OC(=O)CC1CC2CCC1C2. The van der Waals surface area contributed by atoms with E-state index in [0.717, 1.165) is 22.9 Å². The fraction of sp³-hybridized carbons (Fsp3) is 0.579. The minimum atomic E-state index is -0.772. The van der Waals surface area contributed by atoms with E-state index in [1.807, 2.05) is 30.5 Å². The molecule has 3 rings (SSSR count). The largest absolute Gasteiger partial charge is 0.453 e. The van der Waals surface area contributed by atoms with Gasteiger partial charge in [0.15, 0.2) is 6.10 Å². The number of esters is 1. The van der Waals surface area contributed by atoms with Crippen molar-refractivity contribution in [3.8, 4) is 0 Å². The molecule has 4 nitrogen and oxygen atoms in total. The second kappa shape index (κ2) is 7.60. The van der Waals surface area contributed by atoms with E-state index in [2.05, 4.69) is 5.32 Å². The molecule has 4 atom stereocenters. The Kier molecular flexibility index (Phi) is 5.49. The molecule has 0 heterocycles. The molecular formula is C19H25NO3S. The first-order chi connectivity index (χ1) is 11.6. The zero-order valence-corrected chi connectivity index (χ0v) is 15.1. The van der Waals surface area contributed by atoms with Crippen LogP contribution in [0.4, 0.5) is 5.69 Å². The summed E-state index contributed by atoms with van der Waals surface area (Å²) in [5, 5.41) is 2.85. The summed E-state index contributed by atoms with van der Waals surface area (Å²) in [5.74, 6) is 1.45. The van der Waals surface area contributed by atoms with Gasteiger partial charge in [-0.05, 0) is 62.3 Å². The van der Waals surface area contributed by atoms with Crippen LogP contribution in [-0.2, 0) is 14.3 Å². The number of fused-ring (bicyclic) bond motifs is 2. The Labute approximate surface area is 147 Å². The minimum Gasteiger partial charge on any atom is -0.453 e. The summed E-state index contributed by atoms with van der Waals surface area (Å²) in [6, 6.07) is 7.61. The lowest BCUT2D eigenvalue weighted by Gasteiger charge is -2.21. The van der Waals surface area contributed by atoms with Crippen LogP contribution in [0.5, 0.6) is 0 Å². The van der Waals surface area contributed by atoms with Crippen LogP contribution in [0, 0.1) is 17.8 Å². The molecular weight excluding hydrogens is 322 g/mol. The Morgan fingerprint density at radius 2 is 2.08 bits per heavy atom. The lowest BCUT2D eigenvalue weighted by molar-refractivity contribution is -0.154. The molecule has 0 aliphatic heterocycles. The van der Waals surface area contributed by atoms with E-state index in [0.29, 0.717) is 18.3 Å². The van der Waals surface area contributed by atoms with Crippen molar-refractivity contribution in [1.82, 2.24) is 0 Å². The molecule has 2 aliphatic rings. The van der Waals surface area contributed by atoms with Crippen molar-refractivity contribution in [3.63, 3.8) is 0 Å². The number of para-hydroxylation sites is 1. The summed E-state index contributed by atoms with van der Waals surface area (Å²) in [5.41, 5.74) is 0.756. The molecule has 0 spiro atoms. The van der Waals surface area contributed by atoms with E-state index in [1.54, 1.807) is 18.7 Å². The summed E-state index contributed by atoms with van der Waals surface area (Å²) in [6.07, 6.45) is 6.66. The average Bonchev–Trinajstić information content (AvgIpc) is 3.18. The quantitative estimate of drug-likeness (QED) is 0.622. The highest BCUT2D eigenvalue weighted by atomic mass is 32.2. The van der Waals surface area contributed by atoms with Gasteiger partial charge in [-0.2, -0.15) is 0 Å². The van der Waals surface area contributed by atoms with E-state index < -0.39 is 6.10 Å². The van der Waals surface area contributed by atoms with E-state index in [-0.39, 0.29) is 11.9 Å². The van der Waals surface area contributed by atoms with Gasteiger partial charge in [0.2, 0.25) is 0 Å². The lowest BCUT2D eigenvalue weighted by Crippen LogP contribution is -2.31. The predicted octanol–water partition coefficient (Wildman–Crippen LogP) is 4.11. The van der Waals surface area contributed by atoms with Crippen LogP contribution in [0.25, 0.3) is 0 Å². The van der Waals surface area contributed by atoms with Crippen molar-refractivity contribution in [2.45, 2.75) is 50.0 Å². The van der Waals surface area contributed by atoms with Gasteiger partial charge in [-0.25, -0.2) is 0 Å². The molecule has 2 fully saturated rings. The van der Waals surface area contributed by atoms with Gasteiger partial charge < -0.3 is 10.1 Å². The summed E-state index contributed by atoms with van der Waals surface area (Å²) in [4.78, 5) is 25.4. The number of hydrogen-bond acceptors (Lipinski definition) is 4. The molecule has 1 aromatic carbocycles. The number of carbonyl (C=O) groups excluding carboxylic acids is 2. The maximum Gasteiger partial charge on any atom is 0.306 e. The van der Waals surface area contributed by atoms with Gasteiger partial charge in [-0.3, -0.25) is 9.59 Å². The number of nitrogens with one attached hydrogen (secondary N) is 1. The maximum atomic E-state index is 12.3. The number of hydrogen-bond donors (Lipinski definition) is 1. The molecule has 1 N–H and O–H groups in total. The normalized spacial score (nSPS) is 26.2. The standard InChI is InChI=1S/C19H25NO3S/c1-12(19(22)20-16-5-3-4-6-17(16)24-2)23-18(21)11-15-10-13-7-8-14(15)9-13/h3-6,12-15H,7-11H2,1-2H3,(H,20,22). The first kappa shape index (κ1) is 17.3. The molecule has 0 aromatic heterocycles. The average molecular weight is 347 g/mol. The van der Waals surface area contributed by atoms with Crippen molar-refractivity contribution in [2.75, 3.05) is 11.6 Å². The second-order valence-corrected chi connectivity index (χ2v) is 7.81. The number of carbonyl (C=O) groups is 2. The molecule has 4 unspecified atom stereocenters. The number of rotatable bonds is 6. The number of thioether (sulfide) groups is 1. The Balaban J connectivity index is 1.49. The van der Waals surface area contributed by atoms with Crippen LogP contribution in [0.1, 0.15) is 39.0 Å². The van der Waals surface area contributed by atoms with Crippen molar-refractivity contribution in [1.29, 1.82) is 0 Å². The molecule has 2 saturated carbocycles. The third-order valence-electron chi connectivity index (χ3n) is 5.36. The van der Waals surface area contributed by atoms with E-state index >= 15 is 0 Å². The summed E-state index contributed by atoms with van der Waals surface area (Å²) in [7, 11) is 0. The smallest absolute Gasteiger partial charge is 0.306 e. The van der Waals surface area contributed by atoms with Crippen LogP contribution in [-0.4, -0.2) is 24.2 Å². The summed E-state index contributed by atoms with van der Waals surface area (Å²) >= 11 is 1.57. The van der Waals surface area contributed by atoms with Crippen molar-refractivity contribution in [3.05, 3.63) is 24.3 Å². The van der Waals surface area contributed by atoms with Crippen LogP contribution in [0.2, 0.25) is 0 Å². The van der Waals surface area contributed by atoms with Gasteiger partial charge in [-0.15, -0.1) is 11.8 Å². The minimum absolute atomic E-state index is 0.242. The molecule has 130 valence electrons. The number of benzene rings is 1. The molecule has 2 bridgehead atoms. The molecule has 0 radical (unpaired) electrons. The number of anilines is 1. The molecule has 2 aliphatic carbocycles. The van der Waals surface area contributed by atoms with Gasteiger partial charge in [0.1, 0.15) is 0 Å². The van der Waals surface area contributed by atoms with Crippen molar-refractivity contribution in [2.24, 2.45) is 17.8 Å². The fourth-order valence-corrected chi connectivity index (χ4v) is 4.68. The molecule has 1 amide bonds. The van der Waals surface area contributed by atoms with Crippen LogP contribution in [0.15, 0.2) is 29.2 Å². The monoisotopic (exact) mass is 347 g/mol. The highest BCUT2D eigenvalue weighted by molar-refractivity contribution is 7.98. The molecule has 0 saturated heterocycles. The zero-order chi connectivity index (χ0) is 17.1. The third kappa shape index (κ3) is 3.94. The van der Waals surface area contributed by atoms with Gasteiger partial charge in [0.25, 0.3) is 5.91 Å². The van der Waals surface area contributed by atoms with Gasteiger partial charge >= 0.3 is 5.97 Å². The van der Waals surface area contributed by atoms with E-state index in [1.165, 1.54) is 19.3 Å². The first-order valence-corrected chi connectivity index (χ1v) is 9.92. The Bertz CT molecular complexity index is 618. The highest BCUT2D eigenvalue weighted by Gasteiger charge is 2.40. The van der Waals surface area contributed by atoms with Gasteiger partial charge in [0.05, 0.1) is 5.69 Å². The lowest BCUT2D eigenvalue weighted by atomic mass is 9.86. The predicted molar refractivity (Wildman–Crippen MR) is 96.0 cm³/mol. The van der Waals surface area contributed by atoms with Crippen molar-refractivity contribution >= 4 is 29.3 Å². The maximum absolute atomic E-state index is 12.3. The van der Waals surface area contributed by atoms with Crippen LogP contribution >= 0.6 is 11.8 Å². The van der Waals surface area contributed by atoms with Crippen LogP contribution < -0.4 is 5.32 Å². The first-order valence-electron chi connectivity index (χ1n) is 8.70. The number of amides is 1. The molecule has 1 aromatic rings. The van der Waals surface area contributed by atoms with Gasteiger partial charge in [-0.1, -0.05) is 18.6 Å². The van der Waals surface area contributed by atoms with E-state index in [9.17, 15) is 9.59 Å². The Morgan fingerprint density at radius 3 is 2.75 bits per heavy atom. The summed E-state index contributed by atoms with van der Waals surface area (Å²) < 4.78 is 5.37. The Hall–Kier alpha value is -1.49. The second-order valence-electron chi connectivity index (χ2n) is 6.96. The molecule has 5 heteroatoms. The fourth-order valence-electron chi connectivity index (χ4n) is 4.12. The third-order valence-corrected chi connectivity index (χ3v) is 6.15. The van der Waals surface area contributed by atoms with Gasteiger partial charge in [0, 0.05) is 11.3 Å². The number of ether oxygens (including phenoxy) is 1.